The summed E-state index contributed by atoms with van der Waals surface area (Å²) in [4.78, 5) is 2.38. The van der Waals surface area contributed by atoms with E-state index in [2.05, 4.69) is 64.1 Å². The van der Waals surface area contributed by atoms with Gasteiger partial charge in [0.25, 0.3) is 0 Å². The Bertz CT molecular complexity index is 500. The fourth-order valence-electron chi connectivity index (χ4n) is 2.37. The van der Waals surface area contributed by atoms with Crippen molar-refractivity contribution in [1.82, 2.24) is 10.2 Å². The molecule has 1 aliphatic carbocycles. The number of hydrogen-bond acceptors (Lipinski definition) is 2. The second-order valence-corrected chi connectivity index (χ2v) is 7.13. The van der Waals surface area contributed by atoms with Crippen molar-refractivity contribution in [3.8, 4) is 12.3 Å². The first-order valence-corrected chi connectivity index (χ1v) is 8.54. The Hall–Kier alpha value is -0.820. The first-order valence-electron chi connectivity index (χ1n) is 7.75. The molecule has 1 N–H and O–H groups in total. The third-order valence-corrected chi connectivity index (χ3v) is 4.49. The van der Waals surface area contributed by atoms with Crippen molar-refractivity contribution in [3.05, 3.63) is 33.8 Å². The standard InChI is InChI=1S/C18H25BrN2/c1-4-9-21(12-15-5-6-15)13-17-8-7-16(10-18(17)19)11-20-14(2)3/h1,7-8,10,14-15,20H,5-6,9,11-13H2,2-3H3. The van der Waals surface area contributed by atoms with Crippen LogP contribution >= 0.6 is 15.9 Å². The Morgan fingerprint density at radius 1 is 1.43 bits per heavy atom. The molecule has 1 saturated carbocycles. The Kier molecular flexibility index (Phi) is 6.29. The van der Waals surface area contributed by atoms with Gasteiger partial charge in [-0.05, 0) is 36.0 Å². The average Bonchev–Trinajstić information content (AvgIpc) is 3.23. The van der Waals surface area contributed by atoms with E-state index in [9.17, 15) is 0 Å². The Balaban J connectivity index is 1.96. The lowest BCUT2D eigenvalue weighted by molar-refractivity contribution is 0.286. The van der Waals surface area contributed by atoms with Gasteiger partial charge in [-0.2, -0.15) is 0 Å². The zero-order valence-corrected chi connectivity index (χ0v) is 14.6. The highest BCUT2D eigenvalue weighted by molar-refractivity contribution is 9.10. The van der Waals surface area contributed by atoms with E-state index in [0.717, 1.165) is 32.1 Å². The molecule has 0 amide bonds. The van der Waals surface area contributed by atoms with Gasteiger partial charge in [-0.15, -0.1) is 6.42 Å². The maximum atomic E-state index is 5.50. The Morgan fingerprint density at radius 2 is 2.19 bits per heavy atom. The van der Waals surface area contributed by atoms with Gasteiger partial charge < -0.3 is 5.32 Å². The van der Waals surface area contributed by atoms with Gasteiger partial charge in [-0.25, -0.2) is 0 Å². The van der Waals surface area contributed by atoms with Crippen LogP contribution in [-0.4, -0.2) is 24.0 Å². The molecule has 0 bridgehead atoms. The van der Waals surface area contributed by atoms with E-state index in [1.54, 1.807) is 0 Å². The van der Waals surface area contributed by atoms with Crippen molar-refractivity contribution in [2.75, 3.05) is 13.1 Å². The topological polar surface area (TPSA) is 15.3 Å². The van der Waals surface area contributed by atoms with E-state index in [4.69, 9.17) is 6.42 Å². The maximum absolute atomic E-state index is 5.50. The second kappa shape index (κ2) is 7.98. The highest BCUT2D eigenvalue weighted by atomic mass is 79.9. The summed E-state index contributed by atoms with van der Waals surface area (Å²) in [7, 11) is 0. The van der Waals surface area contributed by atoms with E-state index in [0.29, 0.717) is 6.04 Å². The molecule has 1 aromatic rings. The lowest BCUT2D eigenvalue weighted by atomic mass is 10.1. The Labute approximate surface area is 137 Å². The molecule has 0 radical (unpaired) electrons. The van der Waals surface area contributed by atoms with Crippen LogP contribution in [0, 0.1) is 18.3 Å². The molecular weight excluding hydrogens is 324 g/mol. The van der Waals surface area contributed by atoms with Crippen molar-refractivity contribution >= 4 is 15.9 Å². The summed E-state index contributed by atoms with van der Waals surface area (Å²) in [5.74, 6) is 3.65. The van der Waals surface area contributed by atoms with E-state index in [1.807, 2.05) is 0 Å². The number of terminal acetylenes is 1. The van der Waals surface area contributed by atoms with Crippen molar-refractivity contribution in [1.29, 1.82) is 0 Å². The van der Waals surface area contributed by atoms with Gasteiger partial charge in [0, 0.05) is 30.1 Å². The first kappa shape index (κ1) is 16.5. The van der Waals surface area contributed by atoms with E-state index in [-0.39, 0.29) is 0 Å². The van der Waals surface area contributed by atoms with E-state index >= 15 is 0 Å². The highest BCUT2D eigenvalue weighted by Gasteiger charge is 2.24. The second-order valence-electron chi connectivity index (χ2n) is 6.28. The summed E-state index contributed by atoms with van der Waals surface area (Å²) >= 11 is 3.71. The molecule has 3 heteroatoms. The molecule has 0 aliphatic heterocycles. The van der Waals surface area contributed by atoms with Crippen molar-refractivity contribution in [3.63, 3.8) is 0 Å². The number of benzene rings is 1. The summed E-state index contributed by atoms with van der Waals surface area (Å²) in [5.41, 5.74) is 2.63. The van der Waals surface area contributed by atoms with Crippen LogP contribution < -0.4 is 5.32 Å². The minimum atomic E-state index is 0.508. The summed E-state index contributed by atoms with van der Waals surface area (Å²) in [6.45, 7) is 8.04. The van der Waals surface area contributed by atoms with Crippen molar-refractivity contribution in [2.24, 2.45) is 5.92 Å². The highest BCUT2D eigenvalue weighted by Crippen LogP contribution is 2.30. The largest absolute Gasteiger partial charge is 0.310 e. The quantitative estimate of drug-likeness (QED) is 0.719. The SMILES string of the molecule is C#CCN(Cc1ccc(CNC(C)C)cc1Br)CC1CC1. The molecule has 114 valence electrons. The number of halogens is 1. The molecule has 2 nitrogen and oxygen atoms in total. The third kappa shape index (κ3) is 5.82. The van der Waals surface area contributed by atoms with Gasteiger partial charge >= 0.3 is 0 Å². The molecule has 0 saturated heterocycles. The van der Waals surface area contributed by atoms with Crippen LogP contribution in [0.1, 0.15) is 37.8 Å². The van der Waals surface area contributed by atoms with Crippen molar-refractivity contribution < 1.29 is 0 Å². The van der Waals surface area contributed by atoms with Crippen LogP contribution in [0.25, 0.3) is 0 Å². The first-order chi connectivity index (χ1) is 10.1. The molecule has 0 aromatic heterocycles. The van der Waals surface area contributed by atoms with Crippen LogP contribution in [0.15, 0.2) is 22.7 Å². The van der Waals surface area contributed by atoms with Gasteiger partial charge in [0.05, 0.1) is 6.54 Å². The predicted molar refractivity (Wildman–Crippen MR) is 93.0 cm³/mol. The summed E-state index contributed by atoms with van der Waals surface area (Å²) in [6.07, 6.45) is 8.22. The molecule has 1 aliphatic rings. The van der Waals surface area contributed by atoms with Gasteiger partial charge in [0.2, 0.25) is 0 Å². The van der Waals surface area contributed by atoms with E-state index < -0.39 is 0 Å². The van der Waals surface area contributed by atoms with E-state index in [1.165, 1.54) is 28.4 Å². The van der Waals surface area contributed by atoms with Gasteiger partial charge in [0.15, 0.2) is 0 Å². The van der Waals surface area contributed by atoms with Crippen LogP contribution in [0.5, 0.6) is 0 Å². The normalized spacial score (nSPS) is 14.7. The zero-order valence-electron chi connectivity index (χ0n) is 13.0. The number of rotatable bonds is 8. The molecule has 0 atom stereocenters. The Morgan fingerprint density at radius 3 is 2.76 bits per heavy atom. The van der Waals surface area contributed by atoms with Crippen LogP contribution in [0.4, 0.5) is 0 Å². The smallest absolute Gasteiger partial charge is 0.0601 e. The molecule has 1 aromatic carbocycles. The molecule has 2 rings (SSSR count). The third-order valence-electron chi connectivity index (χ3n) is 3.75. The lowest BCUT2D eigenvalue weighted by Gasteiger charge is -2.20. The summed E-state index contributed by atoms with van der Waals surface area (Å²) in [6, 6.07) is 7.15. The number of nitrogens with zero attached hydrogens (tertiary/aromatic N) is 1. The minimum Gasteiger partial charge on any atom is -0.310 e. The molecule has 1 fully saturated rings. The molecule has 0 unspecified atom stereocenters. The summed E-state index contributed by atoms with van der Waals surface area (Å²) < 4.78 is 1.18. The van der Waals surface area contributed by atoms with Crippen LogP contribution in [-0.2, 0) is 13.1 Å². The molecule has 0 spiro atoms. The van der Waals surface area contributed by atoms with Gasteiger partial charge in [0.1, 0.15) is 0 Å². The zero-order chi connectivity index (χ0) is 15.2. The fourth-order valence-corrected chi connectivity index (χ4v) is 2.92. The molecule has 21 heavy (non-hydrogen) atoms. The van der Waals surface area contributed by atoms with Crippen LogP contribution in [0.3, 0.4) is 0 Å². The monoisotopic (exact) mass is 348 g/mol. The maximum Gasteiger partial charge on any atom is 0.0601 e. The molecule has 0 heterocycles. The summed E-state index contributed by atoms with van der Waals surface area (Å²) in [5, 5.41) is 3.45. The molecular formula is C18H25BrN2. The van der Waals surface area contributed by atoms with Crippen LogP contribution in [0.2, 0.25) is 0 Å². The lowest BCUT2D eigenvalue weighted by Crippen LogP contribution is -2.26. The van der Waals surface area contributed by atoms with Gasteiger partial charge in [-0.1, -0.05) is 47.8 Å². The average molecular weight is 349 g/mol. The predicted octanol–water partition coefficient (Wildman–Crippen LogP) is 3.79. The number of hydrogen-bond donors (Lipinski definition) is 1. The fraction of sp³-hybridized carbons (Fsp3) is 0.556. The number of nitrogens with one attached hydrogen (secondary N) is 1. The van der Waals surface area contributed by atoms with Gasteiger partial charge in [-0.3, -0.25) is 4.90 Å². The van der Waals surface area contributed by atoms with Crippen molar-refractivity contribution in [2.45, 2.75) is 45.8 Å². The minimum absolute atomic E-state index is 0.508.